The molecule has 0 amide bonds. The lowest BCUT2D eigenvalue weighted by Gasteiger charge is -2.09. The van der Waals surface area contributed by atoms with E-state index in [1.807, 2.05) is 0 Å². The zero-order valence-corrected chi connectivity index (χ0v) is 11.4. The van der Waals surface area contributed by atoms with Crippen LogP contribution >= 0.6 is 11.3 Å². The average Bonchev–Trinajstić information content (AvgIpc) is 3.06. The molecule has 3 aromatic rings. The van der Waals surface area contributed by atoms with Crippen molar-refractivity contribution in [3.8, 4) is 0 Å². The maximum absolute atomic E-state index is 11.3. The van der Waals surface area contributed by atoms with Crippen LogP contribution in [0.2, 0.25) is 0 Å². The van der Waals surface area contributed by atoms with Crippen molar-refractivity contribution in [1.29, 1.82) is 0 Å². The number of carboxylic acids is 1. The SMILES string of the molecule is Cn1ncc2c(NCc3cncs3)c(C(=O)O)cnc21. The summed E-state index contributed by atoms with van der Waals surface area (Å²) in [6, 6.07) is 0. The van der Waals surface area contributed by atoms with Crippen molar-refractivity contribution in [2.75, 3.05) is 5.32 Å². The number of carboxylic acid groups (broad SMARTS) is 1. The molecule has 0 aromatic carbocycles. The number of rotatable bonds is 4. The number of hydrogen-bond donors (Lipinski definition) is 2. The summed E-state index contributed by atoms with van der Waals surface area (Å²) in [5.74, 6) is -1.02. The third-order valence-corrected chi connectivity index (χ3v) is 3.69. The molecule has 0 aliphatic heterocycles. The standard InChI is InChI=1S/C12H11N5O2S/c1-17-11-8(5-16-17)10(9(4-15-11)12(18)19)14-3-7-2-13-6-20-7/h2,4-6H,3H2,1H3,(H,14,15)(H,18,19). The Kier molecular flexibility index (Phi) is 3.07. The van der Waals surface area contributed by atoms with Gasteiger partial charge in [-0.2, -0.15) is 5.10 Å². The maximum Gasteiger partial charge on any atom is 0.339 e. The first-order chi connectivity index (χ1) is 9.66. The molecule has 0 atom stereocenters. The second-order valence-electron chi connectivity index (χ2n) is 4.18. The van der Waals surface area contributed by atoms with Crippen LogP contribution in [0.15, 0.2) is 24.1 Å². The van der Waals surface area contributed by atoms with E-state index >= 15 is 0 Å². The molecule has 0 aliphatic carbocycles. The Labute approximate surface area is 117 Å². The predicted molar refractivity (Wildman–Crippen MR) is 74.9 cm³/mol. The predicted octanol–water partition coefficient (Wildman–Crippen LogP) is 1.74. The Hall–Kier alpha value is -2.48. The lowest BCUT2D eigenvalue weighted by atomic mass is 10.2. The highest BCUT2D eigenvalue weighted by atomic mass is 32.1. The summed E-state index contributed by atoms with van der Waals surface area (Å²) in [6.07, 6.45) is 4.71. The average molecular weight is 289 g/mol. The van der Waals surface area contributed by atoms with Gasteiger partial charge in [0.15, 0.2) is 5.65 Å². The Balaban J connectivity index is 2.05. The van der Waals surface area contributed by atoms with E-state index in [-0.39, 0.29) is 5.56 Å². The molecule has 7 nitrogen and oxygen atoms in total. The molecule has 0 aliphatic rings. The second kappa shape index (κ2) is 4.89. The molecule has 0 saturated carbocycles. The molecule has 0 radical (unpaired) electrons. The molecular formula is C12H11N5O2S. The third kappa shape index (κ3) is 2.10. The van der Waals surface area contributed by atoms with Gasteiger partial charge in [-0.05, 0) is 0 Å². The van der Waals surface area contributed by atoms with Crippen molar-refractivity contribution in [3.05, 3.63) is 34.5 Å². The quantitative estimate of drug-likeness (QED) is 0.760. The van der Waals surface area contributed by atoms with Crippen molar-refractivity contribution in [3.63, 3.8) is 0 Å². The summed E-state index contributed by atoms with van der Waals surface area (Å²) < 4.78 is 1.61. The minimum Gasteiger partial charge on any atom is -0.478 e. The van der Waals surface area contributed by atoms with Crippen molar-refractivity contribution < 1.29 is 9.90 Å². The van der Waals surface area contributed by atoms with E-state index in [0.29, 0.717) is 23.3 Å². The van der Waals surface area contributed by atoms with Crippen LogP contribution < -0.4 is 5.32 Å². The number of anilines is 1. The van der Waals surface area contributed by atoms with Crippen LogP contribution in [0.5, 0.6) is 0 Å². The number of aromatic carboxylic acids is 1. The minimum atomic E-state index is -1.02. The number of thiazole rings is 1. The van der Waals surface area contributed by atoms with Crippen molar-refractivity contribution >= 4 is 34.0 Å². The van der Waals surface area contributed by atoms with E-state index in [9.17, 15) is 9.90 Å². The van der Waals surface area contributed by atoms with Gasteiger partial charge in [-0.1, -0.05) is 0 Å². The summed E-state index contributed by atoms with van der Waals surface area (Å²) in [6.45, 7) is 0.513. The van der Waals surface area contributed by atoms with E-state index in [4.69, 9.17) is 0 Å². The van der Waals surface area contributed by atoms with Crippen molar-refractivity contribution in [2.24, 2.45) is 7.05 Å². The summed E-state index contributed by atoms with van der Waals surface area (Å²) >= 11 is 1.51. The number of nitrogens with one attached hydrogen (secondary N) is 1. The molecule has 0 spiro atoms. The van der Waals surface area contributed by atoms with Crippen LogP contribution in [0.1, 0.15) is 15.2 Å². The van der Waals surface area contributed by atoms with Crippen molar-refractivity contribution in [1.82, 2.24) is 19.7 Å². The topological polar surface area (TPSA) is 92.9 Å². The van der Waals surface area contributed by atoms with Crippen LogP contribution in [-0.4, -0.2) is 30.8 Å². The van der Waals surface area contributed by atoms with E-state index in [0.717, 1.165) is 4.88 Å². The molecule has 3 rings (SSSR count). The number of aryl methyl sites for hydroxylation is 1. The number of pyridine rings is 1. The fourth-order valence-electron chi connectivity index (χ4n) is 1.95. The van der Waals surface area contributed by atoms with Gasteiger partial charge in [0.05, 0.1) is 29.3 Å². The normalized spacial score (nSPS) is 10.8. The molecule has 2 N–H and O–H groups in total. The van der Waals surface area contributed by atoms with Gasteiger partial charge >= 0.3 is 5.97 Å². The minimum absolute atomic E-state index is 0.134. The Morgan fingerprint density at radius 2 is 2.30 bits per heavy atom. The van der Waals surface area contributed by atoms with Crippen LogP contribution in [-0.2, 0) is 13.6 Å². The van der Waals surface area contributed by atoms with E-state index in [2.05, 4.69) is 20.4 Å². The highest BCUT2D eigenvalue weighted by Gasteiger charge is 2.16. The largest absolute Gasteiger partial charge is 0.478 e. The molecule has 0 saturated heterocycles. The number of carbonyl (C=O) groups is 1. The van der Waals surface area contributed by atoms with Gasteiger partial charge in [-0.3, -0.25) is 9.67 Å². The van der Waals surface area contributed by atoms with Crippen LogP contribution in [0, 0.1) is 0 Å². The highest BCUT2D eigenvalue weighted by molar-refractivity contribution is 7.09. The Morgan fingerprint density at radius 3 is 3.00 bits per heavy atom. The number of hydrogen-bond acceptors (Lipinski definition) is 6. The lowest BCUT2D eigenvalue weighted by molar-refractivity contribution is 0.0697. The van der Waals surface area contributed by atoms with Gasteiger partial charge in [-0.15, -0.1) is 11.3 Å². The molecule has 8 heteroatoms. The molecular weight excluding hydrogens is 278 g/mol. The fourth-order valence-corrected chi connectivity index (χ4v) is 2.49. The monoisotopic (exact) mass is 289 g/mol. The van der Waals surface area contributed by atoms with E-state index in [1.165, 1.54) is 17.5 Å². The zero-order chi connectivity index (χ0) is 14.1. The number of fused-ring (bicyclic) bond motifs is 1. The number of aromatic nitrogens is 4. The molecule has 0 unspecified atom stereocenters. The number of nitrogens with zero attached hydrogens (tertiary/aromatic N) is 4. The molecule has 0 fully saturated rings. The Bertz CT molecular complexity index is 766. The first-order valence-corrected chi connectivity index (χ1v) is 6.70. The van der Waals surface area contributed by atoms with E-state index < -0.39 is 5.97 Å². The molecule has 3 heterocycles. The first-order valence-electron chi connectivity index (χ1n) is 5.82. The third-order valence-electron chi connectivity index (χ3n) is 2.92. The first kappa shape index (κ1) is 12.5. The fraction of sp³-hybridized carbons (Fsp3) is 0.167. The molecule has 20 heavy (non-hydrogen) atoms. The smallest absolute Gasteiger partial charge is 0.339 e. The van der Waals surface area contributed by atoms with Gasteiger partial charge in [0.1, 0.15) is 5.56 Å². The molecule has 102 valence electrons. The van der Waals surface area contributed by atoms with Gasteiger partial charge in [0.2, 0.25) is 0 Å². The zero-order valence-electron chi connectivity index (χ0n) is 10.6. The maximum atomic E-state index is 11.3. The van der Waals surface area contributed by atoms with Gasteiger partial charge in [0, 0.05) is 24.3 Å². The molecule has 3 aromatic heterocycles. The summed E-state index contributed by atoms with van der Waals surface area (Å²) in [5.41, 5.74) is 3.04. The van der Waals surface area contributed by atoms with Crippen LogP contribution in [0.25, 0.3) is 11.0 Å². The van der Waals surface area contributed by atoms with Crippen LogP contribution in [0.3, 0.4) is 0 Å². The summed E-state index contributed by atoms with van der Waals surface area (Å²) in [7, 11) is 1.77. The summed E-state index contributed by atoms with van der Waals surface area (Å²) in [5, 5.41) is 17.2. The Morgan fingerprint density at radius 1 is 1.45 bits per heavy atom. The van der Waals surface area contributed by atoms with Gasteiger partial charge in [-0.25, -0.2) is 9.78 Å². The van der Waals surface area contributed by atoms with Crippen molar-refractivity contribution in [2.45, 2.75) is 6.54 Å². The lowest BCUT2D eigenvalue weighted by Crippen LogP contribution is -2.07. The second-order valence-corrected chi connectivity index (χ2v) is 5.15. The molecule has 0 bridgehead atoms. The van der Waals surface area contributed by atoms with Crippen LogP contribution in [0.4, 0.5) is 5.69 Å². The van der Waals surface area contributed by atoms with Gasteiger partial charge in [0.25, 0.3) is 0 Å². The van der Waals surface area contributed by atoms with E-state index in [1.54, 1.807) is 29.6 Å². The summed E-state index contributed by atoms with van der Waals surface area (Å²) in [4.78, 5) is 20.5. The highest BCUT2D eigenvalue weighted by Crippen LogP contribution is 2.26. The van der Waals surface area contributed by atoms with Gasteiger partial charge < -0.3 is 10.4 Å².